The first-order chi connectivity index (χ1) is 8.24. The Morgan fingerprint density at radius 3 is 2.44 bits per heavy atom. The largest absolute Gasteiger partial charge is 0.440 e. The molecule has 0 spiro atoms. The first-order valence-electron chi connectivity index (χ1n) is 5.70. The quantitative estimate of drug-likeness (QED) is 0.884. The molecule has 0 bridgehead atoms. The van der Waals surface area contributed by atoms with E-state index in [0.29, 0.717) is 17.0 Å². The molecule has 0 heterocycles. The number of halogens is 1. The minimum atomic E-state index is -1.40. The fraction of sp³-hybridized carbons (Fsp3) is 0.462. The van der Waals surface area contributed by atoms with Crippen LogP contribution in [0.1, 0.15) is 32.8 Å². The summed E-state index contributed by atoms with van der Waals surface area (Å²) in [5.41, 5.74) is 2.97. The van der Waals surface area contributed by atoms with Crippen LogP contribution >= 0.6 is 11.6 Å². The molecular weight excluding hydrogens is 254 g/mol. The Hall–Kier alpha value is -1.26. The molecule has 0 aromatic heterocycles. The summed E-state index contributed by atoms with van der Waals surface area (Å²) < 4.78 is 5.03. The molecular formula is C13H18ClNO3. The summed E-state index contributed by atoms with van der Waals surface area (Å²) in [6.07, 6.45) is -0.601. The molecule has 1 unspecified atom stereocenters. The van der Waals surface area contributed by atoms with Crippen molar-refractivity contribution in [2.24, 2.45) is 5.73 Å². The minimum absolute atomic E-state index is 0.330. The van der Waals surface area contributed by atoms with Crippen molar-refractivity contribution in [2.75, 3.05) is 0 Å². The lowest BCUT2D eigenvalue weighted by Crippen LogP contribution is -2.51. The molecule has 0 aliphatic rings. The van der Waals surface area contributed by atoms with Crippen molar-refractivity contribution in [3.05, 3.63) is 34.9 Å². The van der Waals surface area contributed by atoms with E-state index in [9.17, 15) is 9.90 Å². The first-order valence-corrected chi connectivity index (χ1v) is 6.08. The highest BCUT2D eigenvalue weighted by Crippen LogP contribution is 2.41. The lowest BCUT2D eigenvalue weighted by atomic mass is 9.77. The summed E-state index contributed by atoms with van der Waals surface area (Å²) in [4.78, 5) is 10.9. The Bertz CT molecular complexity index is 448. The third-order valence-electron chi connectivity index (χ3n) is 3.18. The van der Waals surface area contributed by atoms with Gasteiger partial charge in [0.2, 0.25) is 0 Å². The molecule has 1 amide bonds. The summed E-state index contributed by atoms with van der Waals surface area (Å²) in [5.74, 6) is 0. The monoisotopic (exact) mass is 271 g/mol. The van der Waals surface area contributed by atoms with Crippen LogP contribution in [0.25, 0.3) is 0 Å². The van der Waals surface area contributed by atoms with Gasteiger partial charge in [0.25, 0.3) is 0 Å². The Kier molecular flexibility index (Phi) is 4.24. The molecule has 1 aromatic carbocycles. The topological polar surface area (TPSA) is 72.6 Å². The smallest absolute Gasteiger partial charge is 0.405 e. The summed E-state index contributed by atoms with van der Waals surface area (Å²) in [5, 5.41) is 11.3. The highest BCUT2D eigenvalue weighted by Gasteiger charge is 2.47. The Labute approximate surface area is 112 Å². The Balaban J connectivity index is 3.29. The average Bonchev–Trinajstić information content (AvgIpc) is 2.26. The molecule has 0 aliphatic heterocycles. The number of hydrogen-bond acceptors (Lipinski definition) is 3. The SMILES string of the molecule is CCC(O)(c1ccccc1Cl)C(C)(C)OC(N)=O. The minimum Gasteiger partial charge on any atom is -0.440 e. The second-order valence-electron chi connectivity index (χ2n) is 4.63. The van der Waals surface area contributed by atoms with Gasteiger partial charge < -0.3 is 15.6 Å². The zero-order valence-electron chi connectivity index (χ0n) is 10.7. The predicted molar refractivity (Wildman–Crippen MR) is 70.4 cm³/mol. The van der Waals surface area contributed by atoms with E-state index in [1.807, 2.05) is 0 Å². The van der Waals surface area contributed by atoms with Gasteiger partial charge in [0, 0.05) is 10.6 Å². The number of amides is 1. The van der Waals surface area contributed by atoms with Gasteiger partial charge in [-0.3, -0.25) is 0 Å². The Morgan fingerprint density at radius 2 is 2.00 bits per heavy atom. The van der Waals surface area contributed by atoms with Crippen molar-refractivity contribution in [3.8, 4) is 0 Å². The molecule has 1 atom stereocenters. The molecule has 0 saturated heterocycles. The van der Waals surface area contributed by atoms with Crippen LogP contribution < -0.4 is 5.73 Å². The van der Waals surface area contributed by atoms with Crippen LogP contribution in [0, 0.1) is 0 Å². The van der Waals surface area contributed by atoms with Gasteiger partial charge in [-0.05, 0) is 26.3 Å². The average molecular weight is 272 g/mol. The number of aliphatic hydroxyl groups is 1. The number of hydrogen-bond donors (Lipinski definition) is 2. The summed E-state index contributed by atoms with van der Waals surface area (Å²) in [7, 11) is 0. The van der Waals surface area contributed by atoms with Crippen LogP contribution in [0.3, 0.4) is 0 Å². The van der Waals surface area contributed by atoms with Gasteiger partial charge in [-0.1, -0.05) is 36.7 Å². The van der Waals surface area contributed by atoms with E-state index in [1.54, 1.807) is 45.0 Å². The number of rotatable bonds is 4. The number of carbonyl (C=O) groups excluding carboxylic acids is 1. The molecule has 4 nitrogen and oxygen atoms in total. The van der Waals surface area contributed by atoms with E-state index in [4.69, 9.17) is 22.1 Å². The zero-order chi connectivity index (χ0) is 14.0. The van der Waals surface area contributed by atoms with E-state index in [1.165, 1.54) is 0 Å². The molecule has 0 saturated carbocycles. The predicted octanol–water partition coefficient (Wildman–Crippen LogP) is 2.81. The maximum Gasteiger partial charge on any atom is 0.405 e. The maximum absolute atomic E-state index is 10.9. The van der Waals surface area contributed by atoms with Gasteiger partial charge in [0.1, 0.15) is 11.2 Å². The normalized spacial score (nSPS) is 14.9. The summed E-state index contributed by atoms with van der Waals surface area (Å²) in [6.45, 7) is 4.99. The van der Waals surface area contributed by atoms with Gasteiger partial charge in [0.15, 0.2) is 0 Å². The molecule has 1 rings (SSSR count). The first kappa shape index (κ1) is 14.8. The molecule has 100 valence electrons. The zero-order valence-corrected chi connectivity index (χ0v) is 11.5. The van der Waals surface area contributed by atoms with Crippen LogP contribution in [0.15, 0.2) is 24.3 Å². The van der Waals surface area contributed by atoms with E-state index >= 15 is 0 Å². The highest BCUT2D eigenvalue weighted by atomic mass is 35.5. The summed E-state index contributed by atoms with van der Waals surface area (Å²) >= 11 is 6.10. The lowest BCUT2D eigenvalue weighted by Gasteiger charge is -2.41. The van der Waals surface area contributed by atoms with Gasteiger partial charge in [-0.25, -0.2) is 4.79 Å². The second-order valence-corrected chi connectivity index (χ2v) is 5.03. The fourth-order valence-electron chi connectivity index (χ4n) is 2.07. The molecule has 1 aromatic rings. The van der Waals surface area contributed by atoms with Gasteiger partial charge in [-0.15, -0.1) is 0 Å². The lowest BCUT2D eigenvalue weighted by molar-refractivity contribution is -0.140. The Morgan fingerprint density at radius 1 is 1.44 bits per heavy atom. The fourth-order valence-corrected chi connectivity index (χ4v) is 2.37. The maximum atomic E-state index is 10.9. The molecule has 0 aliphatic carbocycles. The highest BCUT2D eigenvalue weighted by molar-refractivity contribution is 6.31. The second kappa shape index (κ2) is 5.16. The third-order valence-corrected chi connectivity index (χ3v) is 3.51. The molecule has 18 heavy (non-hydrogen) atoms. The summed E-state index contributed by atoms with van der Waals surface area (Å²) in [6, 6.07) is 6.92. The van der Waals surface area contributed by atoms with Gasteiger partial charge in [-0.2, -0.15) is 0 Å². The van der Waals surface area contributed by atoms with E-state index in [2.05, 4.69) is 0 Å². The molecule has 0 radical (unpaired) electrons. The van der Waals surface area contributed by atoms with Crippen LogP contribution in [0.5, 0.6) is 0 Å². The van der Waals surface area contributed by atoms with Crippen LogP contribution in [0.4, 0.5) is 4.79 Å². The van der Waals surface area contributed by atoms with Gasteiger partial charge in [0.05, 0.1) is 0 Å². The van der Waals surface area contributed by atoms with Crippen molar-refractivity contribution in [3.63, 3.8) is 0 Å². The van der Waals surface area contributed by atoms with Crippen molar-refractivity contribution < 1.29 is 14.6 Å². The number of benzene rings is 1. The van der Waals surface area contributed by atoms with Crippen molar-refractivity contribution in [1.29, 1.82) is 0 Å². The number of nitrogens with two attached hydrogens (primary N) is 1. The third kappa shape index (κ3) is 2.60. The number of carbonyl (C=O) groups is 1. The molecule has 0 fully saturated rings. The van der Waals surface area contributed by atoms with Crippen molar-refractivity contribution in [2.45, 2.75) is 38.4 Å². The van der Waals surface area contributed by atoms with Gasteiger partial charge >= 0.3 is 6.09 Å². The standard InChI is InChI=1S/C13H18ClNO3/c1-4-13(17,12(2,3)18-11(15)16)9-7-5-6-8-10(9)14/h5-8,17H,4H2,1-3H3,(H2,15,16). The van der Waals surface area contributed by atoms with Crippen molar-refractivity contribution >= 4 is 17.7 Å². The van der Waals surface area contributed by atoms with Crippen molar-refractivity contribution in [1.82, 2.24) is 0 Å². The van der Waals surface area contributed by atoms with Crippen LogP contribution in [0.2, 0.25) is 5.02 Å². The van der Waals surface area contributed by atoms with E-state index in [0.717, 1.165) is 0 Å². The molecule has 5 heteroatoms. The number of ether oxygens (including phenoxy) is 1. The van der Waals surface area contributed by atoms with Crippen LogP contribution in [-0.4, -0.2) is 16.8 Å². The molecule has 3 N–H and O–H groups in total. The van der Waals surface area contributed by atoms with E-state index < -0.39 is 17.3 Å². The number of primary amides is 1. The van der Waals surface area contributed by atoms with E-state index in [-0.39, 0.29) is 0 Å². The van der Waals surface area contributed by atoms with Crippen LogP contribution in [-0.2, 0) is 10.3 Å².